The predicted molar refractivity (Wildman–Crippen MR) is 164 cm³/mol. The average Bonchev–Trinajstić information content (AvgIpc) is 3.52. The molecule has 2 fully saturated rings. The fourth-order valence-electron chi connectivity index (χ4n) is 6.91. The molecule has 2 saturated heterocycles. The van der Waals surface area contributed by atoms with Crippen LogP contribution in [0.15, 0.2) is 78.9 Å². The lowest BCUT2D eigenvalue weighted by Crippen LogP contribution is -2.49. The zero-order valence-electron chi connectivity index (χ0n) is 24.4. The molecule has 0 radical (unpaired) electrons. The highest BCUT2D eigenvalue weighted by Gasteiger charge is 2.55. The molecule has 3 aromatic carbocycles. The van der Waals surface area contributed by atoms with Gasteiger partial charge in [-0.2, -0.15) is 0 Å². The molecule has 3 atom stereocenters. The van der Waals surface area contributed by atoms with E-state index in [0.717, 1.165) is 37.4 Å². The summed E-state index contributed by atoms with van der Waals surface area (Å²) in [5.74, 6) is 1.04. The summed E-state index contributed by atoms with van der Waals surface area (Å²) in [5, 5.41) is 3.43. The molecule has 214 valence electrons. The third kappa shape index (κ3) is 5.27. The number of sulfonamides is 1. The number of ether oxygens (including phenoxy) is 1. The molecular weight excluding hydrogens is 518 g/mol. The van der Waals surface area contributed by atoms with Crippen molar-refractivity contribution in [2.24, 2.45) is 5.41 Å². The molecule has 0 aromatic heterocycles. The van der Waals surface area contributed by atoms with Gasteiger partial charge in [-0.25, -0.2) is 8.42 Å². The van der Waals surface area contributed by atoms with Crippen LogP contribution in [0.1, 0.15) is 56.7 Å². The van der Waals surface area contributed by atoms with Crippen molar-refractivity contribution in [2.45, 2.75) is 63.9 Å². The number of benzene rings is 3. The Hall–Kier alpha value is -2.87. The summed E-state index contributed by atoms with van der Waals surface area (Å²) < 4.78 is 33.8. The van der Waals surface area contributed by atoms with Gasteiger partial charge >= 0.3 is 0 Å². The lowest BCUT2D eigenvalue weighted by atomic mass is 9.64. The molecule has 2 aliphatic rings. The van der Waals surface area contributed by atoms with Crippen molar-refractivity contribution >= 4 is 15.7 Å². The topological polar surface area (TPSA) is 61.9 Å². The first-order valence-corrected chi connectivity index (χ1v) is 15.9. The van der Waals surface area contributed by atoms with Crippen LogP contribution >= 0.6 is 0 Å². The first kappa shape index (κ1) is 28.7. The molecule has 1 N–H and O–H groups in total. The van der Waals surface area contributed by atoms with Gasteiger partial charge in [0, 0.05) is 48.6 Å². The van der Waals surface area contributed by atoms with Crippen molar-refractivity contribution in [3.8, 4) is 5.75 Å². The molecule has 40 heavy (non-hydrogen) atoms. The van der Waals surface area contributed by atoms with Gasteiger partial charge in [0.05, 0.1) is 18.0 Å². The first-order valence-electron chi connectivity index (χ1n) is 14.4. The molecule has 2 bridgehead atoms. The zero-order chi connectivity index (χ0) is 28.5. The van der Waals surface area contributed by atoms with Crippen LogP contribution in [-0.2, 0) is 16.6 Å². The van der Waals surface area contributed by atoms with E-state index in [2.05, 4.69) is 70.9 Å². The van der Waals surface area contributed by atoms with Crippen LogP contribution in [-0.4, -0.2) is 57.4 Å². The molecular formula is C33H43N3O3S. The van der Waals surface area contributed by atoms with E-state index in [1.165, 1.54) is 11.1 Å². The molecule has 2 aliphatic heterocycles. The number of nitrogens with zero attached hydrogens (tertiary/aromatic N) is 2. The molecule has 3 unspecified atom stereocenters. The summed E-state index contributed by atoms with van der Waals surface area (Å²) in [5.41, 5.74) is 4.41. The fraction of sp³-hybridized carbons (Fsp3) is 0.455. The van der Waals surface area contributed by atoms with Crippen LogP contribution in [0.2, 0.25) is 0 Å². The second-order valence-corrected chi connectivity index (χ2v) is 14.3. The number of piperidine rings is 1. The van der Waals surface area contributed by atoms with Gasteiger partial charge in [-0.05, 0) is 70.0 Å². The van der Waals surface area contributed by atoms with Crippen LogP contribution in [0, 0.1) is 5.41 Å². The zero-order valence-corrected chi connectivity index (χ0v) is 25.2. The van der Waals surface area contributed by atoms with E-state index in [1.807, 2.05) is 32.0 Å². The van der Waals surface area contributed by atoms with Gasteiger partial charge in [-0.15, -0.1) is 0 Å². The Balaban J connectivity index is 1.48. The van der Waals surface area contributed by atoms with Crippen LogP contribution in [0.25, 0.3) is 0 Å². The maximum Gasteiger partial charge on any atom is 0.237 e. The number of hydrogen-bond donors (Lipinski definition) is 1. The van der Waals surface area contributed by atoms with Crippen LogP contribution in [0.5, 0.6) is 5.75 Å². The Morgan fingerprint density at radius 2 is 1.60 bits per heavy atom. The van der Waals surface area contributed by atoms with Gasteiger partial charge in [-0.1, -0.05) is 60.7 Å². The van der Waals surface area contributed by atoms with E-state index in [0.29, 0.717) is 12.2 Å². The highest BCUT2D eigenvalue weighted by molar-refractivity contribution is 7.93. The summed E-state index contributed by atoms with van der Waals surface area (Å²) in [7, 11) is -1.81. The van der Waals surface area contributed by atoms with Crippen LogP contribution in [0.4, 0.5) is 5.69 Å². The van der Waals surface area contributed by atoms with Crippen molar-refractivity contribution in [1.82, 2.24) is 10.2 Å². The molecule has 3 aromatic rings. The minimum Gasteiger partial charge on any atom is -0.496 e. The quantitative estimate of drug-likeness (QED) is 0.328. The second-order valence-electron chi connectivity index (χ2n) is 11.9. The van der Waals surface area contributed by atoms with Gasteiger partial charge in [0.25, 0.3) is 0 Å². The number of methoxy groups -OCH3 is 1. The predicted octanol–water partition coefficient (Wildman–Crippen LogP) is 5.64. The second kappa shape index (κ2) is 11.6. The van der Waals surface area contributed by atoms with Crippen LogP contribution < -0.4 is 14.4 Å². The Morgan fingerprint density at radius 3 is 2.12 bits per heavy atom. The number of nitrogens with one attached hydrogen (secondary N) is 1. The van der Waals surface area contributed by atoms with Gasteiger partial charge in [0.1, 0.15) is 5.75 Å². The molecule has 0 spiro atoms. The van der Waals surface area contributed by atoms with Crippen molar-refractivity contribution in [3.05, 3.63) is 95.6 Å². The number of anilines is 1. The standard InChI is InChI=1S/C33H43N3O3S/c1-24(2)36(40(37,38)25(3)4)29-16-17-30(39-5)28(20-29)21-34-31-22-35-19-18-33(31,23-35)32(26-12-8-6-9-13-26)27-14-10-7-11-15-27/h6-17,20,24-25,31-32,34H,18-19,21-23H2,1-5H3. The Bertz CT molecular complexity index is 1360. The van der Waals surface area contributed by atoms with Crippen molar-refractivity contribution in [3.63, 3.8) is 0 Å². The highest BCUT2D eigenvalue weighted by atomic mass is 32.2. The van der Waals surface area contributed by atoms with E-state index in [1.54, 1.807) is 25.3 Å². The van der Waals surface area contributed by atoms with Gasteiger partial charge < -0.3 is 15.0 Å². The lowest BCUT2D eigenvalue weighted by Gasteiger charge is -2.42. The monoisotopic (exact) mass is 561 g/mol. The Labute approximate surface area is 240 Å². The van der Waals surface area contributed by atoms with E-state index in [9.17, 15) is 8.42 Å². The minimum absolute atomic E-state index is 0.0541. The minimum atomic E-state index is -3.48. The highest BCUT2D eigenvalue weighted by Crippen LogP contribution is 2.53. The van der Waals surface area contributed by atoms with E-state index in [4.69, 9.17) is 4.74 Å². The third-order valence-electron chi connectivity index (χ3n) is 8.78. The number of rotatable bonds is 11. The summed E-state index contributed by atoms with van der Waals surface area (Å²) in [6.07, 6.45) is 1.13. The Morgan fingerprint density at radius 1 is 0.975 bits per heavy atom. The largest absolute Gasteiger partial charge is 0.496 e. The maximum absolute atomic E-state index is 13.3. The van der Waals surface area contributed by atoms with Crippen molar-refractivity contribution < 1.29 is 13.2 Å². The summed E-state index contributed by atoms with van der Waals surface area (Å²) in [6.45, 7) is 11.1. The number of fused-ring (bicyclic) bond motifs is 2. The van der Waals surface area contributed by atoms with E-state index < -0.39 is 15.3 Å². The molecule has 7 heteroatoms. The molecule has 2 heterocycles. The number of hydrogen-bond acceptors (Lipinski definition) is 5. The van der Waals surface area contributed by atoms with Gasteiger partial charge in [-0.3, -0.25) is 4.31 Å². The smallest absolute Gasteiger partial charge is 0.237 e. The van der Waals surface area contributed by atoms with Crippen molar-refractivity contribution in [1.29, 1.82) is 0 Å². The Kier molecular flexibility index (Phi) is 8.27. The lowest BCUT2D eigenvalue weighted by molar-refractivity contribution is 0.204. The van der Waals surface area contributed by atoms with E-state index in [-0.39, 0.29) is 23.4 Å². The van der Waals surface area contributed by atoms with Gasteiger partial charge in [0.15, 0.2) is 0 Å². The van der Waals surface area contributed by atoms with Gasteiger partial charge in [0.2, 0.25) is 10.0 Å². The summed E-state index contributed by atoms with van der Waals surface area (Å²) >= 11 is 0. The van der Waals surface area contributed by atoms with E-state index >= 15 is 0 Å². The van der Waals surface area contributed by atoms with Crippen LogP contribution in [0.3, 0.4) is 0 Å². The fourth-order valence-corrected chi connectivity index (χ4v) is 8.36. The molecule has 5 rings (SSSR count). The molecule has 0 saturated carbocycles. The maximum atomic E-state index is 13.3. The normalized spacial score (nSPS) is 22.4. The third-order valence-corrected chi connectivity index (χ3v) is 11.2. The SMILES string of the molecule is COc1ccc(N(C(C)C)S(=O)(=O)C(C)C)cc1CNC1CN2CCC1(C(c1ccccc1)c1ccccc1)C2. The average molecular weight is 562 g/mol. The molecule has 0 amide bonds. The summed E-state index contributed by atoms with van der Waals surface area (Å²) in [4.78, 5) is 2.58. The van der Waals surface area contributed by atoms with Crippen molar-refractivity contribution in [2.75, 3.05) is 31.0 Å². The molecule has 0 aliphatic carbocycles. The first-order chi connectivity index (χ1) is 19.2. The summed E-state index contributed by atoms with van der Waals surface area (Å²) in [6, 6.07) is 27.7. The molecule has 6 nitrogen and oxygen atoms in total.